The lowest BCUT2D eigenvalue weighted by Crippen LogP contribution is -2.27. The molecule has 0 radical (unpaired) electrons. The zero-order chi connectivity index (χ0) is 20.3. The fraction of sp³-hybridized carbons (Fsp3) is 0.263. The minimum Gasteiger partial charge on any atom is -0.326 e. The Morgan fingerprint density at radius 1 is 1.29 bits per heavy atom. The van der Waals surface area contributed by atoms with Crippen molar-refractivity contribution >= 4 is 56.4 Å². The lowest BCUT2D eigenvalue weighted by atomic mass is 10.2. The van der Waals surface area contributed by atoms with Gasteiger partial charge in [-0.3, -0.25) is 9.59 Å². The first kappa shape index (κ1) is 20.7. The lowest BCUT2D eigenvalue weighted by Gasteiger charge is -2.14. The Kier molecular flexibility index (Phi) is 6.32. The van der Waals surface area contributed by atoms with Gasteiger partial charge in [-0.1, -0.05) is 24.6 Å². The summed E-state index contributed by atoms with van der Waals surface area (Å²) in [5, 5.41) is 5.88. The van der Waals surface area contributed by atoms with Gasteiger partial charge in [0.2, 0.25) is 11.8 Å². The average molecular weight is 439 g/mol. The van der Waals surface area contributed by atoms with Crippen LogP contribution in [0.3, 0.4) is 0 Å². The molecule has 3 rings (SSSR count). The van der Waals surface area contributed by atoms with Crippen LogP contribution in [0.5, 0.6) is 0 Å². The Hall–Kier alpha value is -2.03. The monoisotopic (exact) mass is 438 g/mol. The van der Waals surface area contributed by atoms with Crippen molar-refractivity contribution in [2.24, 2.45) is 5.92 Å². The zero-order valence-corrected chi connectivity index (χ0v) is 17.5. The summed E-state index contributed by atoms with van der Waals surface area (Å²) < 4.78 is 25.6. The number of hydrogen-bond acceptors (Lipinski definition) is 5. The van der Waals surface area contributed by atoms with Gasteiger partial charge in [0.15, 0.2) is 9.84 Å². The van der Waals surface area contributed by atoms with Crippen molar-refractivity contribution in [3.05, 3.63) is 47.5 Å². The summed E-state index contributed by atoms with van der Waals surface area (Å²) in [6, 6.07) is 11.3. The maximum Gasteiger partial charge on any atom is 0.228 e. The first-order valence-electron chi connectivity index (χ1n) is 8.60. The van der Waals surface area contributed by atoms with E-state index in [1.807, 2.05) is 0 Å². The molecule has 0 unspecified atom stereocenters. The summed E-state index contributed by atoms with van der Waals surface area (Å²) in [5.74, 6) is -1.03. The van der Waals surface area contributed by atoms with E-state index in [1.165, 1.54) is 23.9 Å². The largest absolute Gasteiger partial charge is 0.326 e. The maximum atomic E-state index is 12.8. The molecule has 28 heavy (non-hydrogen) atoms. The number of benzene rings is 2. The summed E-state index contributed by atoms with van der Waals surface area (Å²) in [6.45, 7) is 1.55. The summed E-state index contributed by atoms with van der Waals surface area (Å²) >= 11 is 7.40. The number of anilines is 2. The summed E-state index contributed by atoms with van der Waals surface area (Å²) in [5.41, 5.74) is 0.996. The van der Waals surface area contributed by atoms with Gasteiger partial charge in [-0.25, -0.2) is 8.42 Å². The van der Waals surface area contributed by atoms with Crippen LogP contribution in [-0.2, 0) is 19.4 Å². The van der Waals surface area contributed by atoms with E-state index >= 15 is 0 Å². The van der Waals surface area contributed by atoms with E-state index in [9.17, 15) is 18.0 Å². The predicted octanol–water partition coefficient (Wildman–Crippen LogP) is 3.82. The van der Waals surface area contributed by atoms with Crippen molar-refractivity contribution in [1.29, 1.82) is 0 Å². The highest BCUT2D eigenvalue weighted by molar-refractivity contribution is 7.99. The number of rotatable bonds is 5. The molecular weight excluding hydrogens is 420 g/mol. The van der Waals surface area contributed by atoms with Crippen LogP contribution in [0.1, 0.15) is 13.3 Å². The Morgan fingerprint density at radius 2 is 2.07 bits per heavy atom. The number of amides is 2. The molecule has 9 heteroatoms. The number of thioether (sulfide) groups is 1. The van der Waals surface area contributed by atoms with Crippen LogP contribution in [0, 0.1) is 5.92 Å². The molecule has 1 atom stereocenters. The van der Waals surface area contributed by atoms with Gasteiger partial charge < -0.3 is 10.6 Å². The van der Waals surface area contributed by atoms with E-state index in [4.69, 9.17) is 11.6 Å². The second-order valence-corrected chi connectivity index (χ2v) is 10.1. The van der Waals surface area contributed by atoms with Gasteiger partial charge in [-0.15, -0.1) is 11.8 Å². The van der Waals surface area contributed by atoms with E-state index < -0.39 is 21.7 Å². The molecule has 1 heterocycles. The molecule has 2 aromatic rings. The highest BCUT2D eigenvalue weighted by Crippen LogP contribution is 2.33. The molecule has 0 aliphatic carbocycles. The number of carbonyl (C=O) groups excluding carboxylic acids is 2. The molecule has 2 N–H and O–H groups in total. The van der Waals surface area contributed by atoms with E-state index in [0.717, 1.165) is 4.90 Å². The van der Waals surface area contributed by atoms with Crippen LogP contribution in [0.2, 0.25) is 5.02 Å². The molecule has 6 nitrogen and oxygen atoms in total. The first-order chi connectivity index (χ1) is 13.2. The van der Waals surface area contributed by atoms with Crippen LogP contribution < -0.4 is 10.6 Å². The molecule has 148 valence electrons. The van der Waals surface area contributed by atoms with Crippen LogP contribution in [-0.4, -0.2) is 31.7 Å². The molecule has 0 spiro atoms. The quantitative estimate of drug-likeness (QED) is 0.740. The van der Waals surface area contributed by atoms with Crippen molar-refractivity contribution in [3.8, 4) is 0 Å². The Labute approximate surface area is 173 Å². The number of fused-ring (bicyclic) bond motifs is 1. The van der Waals surface area contributed by atoms with E-state index in [0.29, 0.717) is 28.6 Å². The zero-order valence-electron chi connectivity index (χ0n) is 15.1. The van der Waals surface area contributed by atoms with Crippen LogP contribution >= 0.6 is 23.4 Å². The lowest BCUT2D eigenvalue weighted by molar-refractivity contribution is -0.119. The molecule has 2 aromatic carbocycles. The third-order valence-electron chi connectivity index (χ3n) is 4.18. The van der Waals surface area contributed by atoms with Crippen molar-refractivity contribution in [3.63, 3.8) is 0 Å². The molecule has 0 saturated heterocycles. The van der Waals surface area contributed by atoms with Gasteiger partial charge in [0, 0.05) is 33.7 Å². The fourth-order valence-electron chi connectivity index (χ4n) is 2.73. The summed E-state index contributed by atoms with van der Waals surface area (Å²) in [6.07, 6.45) is 0.377. The molecular formula is C19H19ClN2O4S2. The van der Waals surface area contributed by atoms with Gasteiger partial charge in [-0.05, 0) is 36.4 Å². The molecule has 0 aromatic heterocycles. The van der Waals surface area contributed by atoms with Crippen molar-refractivity contribution < 1.29 is 18.0 Å². The topological polar surface area (TPSA) is 92.3 Å². The van der Waals surface area contributed by atoms with E-state index in [2.05, 4.69) is 10.6 Å². The van der Waals surface area contributed by atoms with E-state index in [-0.39, 0.29) is 16.6 Å². The van der Waals surface area contributed by atoms with Crippen molar-refractivity contribution in [1.82, 2.24) is 0 Å². The molecule has 2 amide bonds. The number of halogens is 1. The van der Waals surface area contributed by atoms with Crippen molar-refractivity contribution in [2.45, 2.75) is 23.1 Å². The SMILES string of the molecule is C[C@@H](CS(=O)(=O)c1ccc2c(c1)NC(=O)CCS2)C(=O)Nc1cccc(Cl)c1. The van der Waals surface area contributed by atoms with Gasteiger partial charge >= 0.3 is 0 Å². The van der Waals surface area contributed by atoms with Gasteiger partial charge in [-0.2, -0.15) is 0 Å². The van der Waals surface area contributed by atoms with Gasteiger partial charge in [0.05, 0.1) is 16.3 Å². The molecule has 0 bridgehead atoms. The van der Waals surface area contributed by atoms with E-state index in [1.54, 1.807) is 37.3 Å². The first-order valence-corrected chi connectivity index (χ1v) is 11.6. The fourth-order valence-corrected chi connectivity index (χ4v) is 5.43. The highest BCUT2D eigenvalue weighted by atomic mass is 35.5. The Morgan fingerprint density at radius 3 is 2.82 bits per heavy atom. The minimum absolute atomic E-state index is 0.0801. The molecule has 0 fully saturated rings. The number of hydrogen-bond donors (Lipinski definition) is 2. The van der Waals surface area contributed by atoms with Crippen molar-refractivity contribution in [2.75, 3.05) is 22.1 Å². The highest BCUT2D eigenvalue weighted by Gasteiger charge is 2.25. The molecule has 0 saturated carbocycles. The van der Waals surface area contributed by atoms with Crippen LogP contribution in [0.25, 0.3) is 0 Å². The minimum atomic E-state index is -3.72. The summed E-state index contributed by atoms with van der Waals surface area (Å²) in [4.78, 5) is 25.0. The third-order valence-corrected chi connectivity index (χ3v) is 7.40. The number of sulfone groups is 1. The van der Waals surface area contributed by atoms with Gasteiger partial charge in [0.25, 0.3) is 0 Å². The maximum absolute atomic E-state index is 12.8. The predicted molar refractivity (Wildman–Crippen MR) is 112 cm³/mol. The summed E-state index contributed by atoms with van der Waals surface area (Å²) in [7, 11) is -3.72. The average Bonchev–Trinajstić information content (AvgIpc) is 2.81. The number of carbonyl (C=O) groups is 2. The standard InChI is InChI=1S/C19H19ClN2O4S2/c1-12(19(24)21-14-4-2-3-13(20)9-14)11-28(25,26)15-5-6-17-16(10-15)22-18(23)7-8-27-17/h2-6,9-10,12H,7-8,11H2,1H3,(H,21,24)(H,22,23)/t12-/m0/s1. The molecule has 1 aliphatic heterocycles. The Bertz CT molecular complexity index is 1020. The van der Waals surface area contributed by atoms with Crippen LogP contribution in [0.15, 0.2) is 52.3 Å². The normalized spacial score (nSPS) is 15.1. The third kappa shape index (κ3) is 5.06. The van der Waals surface area contributed by atoms with Gasteiger partial charge in [0.1, 0.15) is 0 Å². The molecule has 1 aliphatic rings. The second-order valence-electron chi connectivity index (χ2n) is 6.49. The number of nitrogens with one attached hydrogen (secondary N) is 2. The Balaban J connectivity index is 1.74. The van der Waals surface area contributed by atoms with Crippen LogP contribution in [0.4, 0.5) is 11.4 Å². The smallest absolute Gasteiger partial charge is 0.228 e. The second kappa shape index (κ2) is 8.55.